The van der Waals surface area contributed by atoms with E-state index in [0.717, 1.165) is 5.56 Å². The van der Waals surface area contributed by atoms with Gasteiger partial charge in [0.2, 0.25) is 5.91 Å². The van der Waals surface area contributed by atoms with Crippen LogP contribution in [0.25, 0.3) is 0 Å². The van der Waals surface area contributed by atoms with Gasteiger partial charge in [0.05, 0.1) is 0 Å². The maximum Gasteiger partial charge on any atom is 0.251 e. The van der Waals surface area contributed by atoms with Gasteiger partial charge in [0.25, 0.3) is 5.91 Å². The number of aromatic nitrogens is 1. The van der Waals surface area contributed by atoms with Gasteiger partial charge in [-0.3, -0.25) is 19.4 Å². The molecule has 0 radical (unpaired) electrons. The van der Waals surface area contributed by atoms with Crippen molar-refractivity contribution in [1.82, 2.24) is 10.3 Å². The molecule has 0 aliphatic carbocycles. The highest BCUT2D eigenvalue weighted by Crippen LogP contribution is 2.11. The lowest BCUT2D eigenvalue weighted by Gasteiger charge is -2.07. The lowest BCUT2D eigenvalue weighted by Crippen LogP contribution is -2.22. The molecule has 6 nitrogen and oxygen atoms in total. The number of benzene rings is 1. The Morgan fingerprint density at radius 1 is 1.00 bits per heavy atom. The Hall–Kier alpha value is -3.28. The van der Waals surface area contributed by atoms with Crippen LogP contribution in [-0.4, -0.2) is 22.6 Å². The zero-order valence-electron chi connectivity index (χ0n) is 14.1. The molecule has 2 aromatic rings. The normalized spacial score (nSPS) is 10.9. The highest BCUT2D eigenvalue weighted by molar-refractivity contribution is 6.07. The number of nitrogens with one attached hydrogen (secondary N) is 2. The van der Waals surface area contributed by atoms with Crippen molar-refractivity contribution in [3.05, 3.63) is 71.6 Å². The van der Waals surface area contributed by atoms with E-state index in [1.165, 1.54) is 13.0 Å². The number of hydrogen-bond donors (Lipinski definition) is 2. The van der Waals surface area contributed by atoms with E-state index in [1.54, 1.807) is 55.7 Å². The van der Waals surface area contributed by atoms with Crippen molar-refractivity contribution in [3.63, 3.8) is 0 Å². The third kappa shape index (κ3) is 5.69. The van der Waals surface area contributed by atoms with Crippen LogP contribution < -0.4 is 10.6 Å². The number of carbonyl (C=O) groups excluding carboxylic acids is 3. The maximum absolute atomic E-state index is 12.1. The predicted octanol–water partition coefficient (Wildman–Crippen LogP) is 2.49. The van der Waals surface area contributed by atoms with Gasteiger partial charge in [0.1, 0.15) is 0 Å². The average molecular weight is 337 g/mol. The molecule has 0 spiro atoms. The third-order valence-electron chi connectivity index (χ3n) is 3.47. The van der Waals surface area contributed by atoms with Gasteiger partial charge < -0.3 is 10.6 Å². The smallest absolute Gasteiger partial charge is 0.251 e. The van der Waals surface area contributed by atoms with Crippen molar-refractivity contribution in [2.45, 2.75) is 20.4 Å². The standard InChI is InChI=1S/C19H19N3O3/c1-13(11-18(24)21-12-15-7-9-20-10-8-15)19(25)22-17-5-3-16(4-6-17)14(2)23/h3-11H,12H2,1-2H3,(H,21,24)(H,22,25)/b13-11-. The monoisotopic (exact) mass is 337 g/mol. The lowest BCUT2D eigenvalue weighted by atomic mass is 10.1. The second-order valence-electron chi connectivity index (χ2n) is 5.49. The van der Waals surface area contributed by atoms with Gasteiger partial charge in [-0.15, -0.1) is 0 Å². The molecule has 1 aromatic heterocycles. The number of rotatable bonds is 6. The van der Waals surface area contributed by atoms with Crippen molar-refractivity contribution >= 4 is 23.3 Å². The summed E-state index contributed by atoms with van der Waals surface area (Å²) in [5.41, 5.74) is 2.33. The molecule has 25 heavy (non-hydrogen) atoms. The molecule has 0 bridgehead atoms. The molecule has 0 saturated heterocycles. The fourth-order valence-electron chi connectivity index (χ4n) is 2.02. The Bertz CT molecular complexity index is 796. The van der Waals surface area contributed by atoms with E-state index in [9.17, 15) is 14.4 Å². The van der Waals surface area contributed by atoms with Gasteiger partial charge in [0.15, 0.2) is 5.78 Å². The number of amides is 2. The third-order valence-corrected chi connectivity index (χ3v) is 3.47. The molecule has 1 heterocycles. The number of hydrogen-bond acceptors (Lipinski definition) is 4. The van der Waals surface area contributed by atoms with Gasteiger partial charge in [-0.25, -0.2) is 0 Å². The van der Waals surface area contributed by atoms with Crippen LogP contribution in [0.15, 0.2) is 60.4 Å². The van der Waals surface area contributed by atoms with E-state index in [1.807, 2.05) is 0 Å². The van der Waals surface area contributed by atoms with Crippen LogP contribution in [0.5, 0.6) is 0 Å². The molecule has 0 fully saturated rings. The Labute approximate surface area is 146 Å². The summed E-state index contributed by atoms with van der Waals surface area (Å²) in [5, 5.41) is 5.39. The minimum Gasteiger partial charge on any atom is -0.348 e. The fraction of sp³-hybridized carbons (Fsp3) is 0.158. The zero-order chi connectivity index (χ0) is 18.2. The summed E-state index contributed by atoms with van der Waals surface area (Å²) in [5.74, 6) is -0.772. The molecular formula is C19H19N3O3. The van der Waals surface area contributed by atoms with E-state index in [-0.39, 0.29) is 23.2 Å². The SMILES string of the molecule is CC(=O)c1ccc(NC(=O)/C(C)=C\C(=O)NCc2ccncc2)cc1. The summed E-state index contributed by atoms with van der Waals surface area (Å²) in [6.45, 7) is 3.40. The van der Waals surface area contributed by atoms with Crippen LogP contribution >= 0.6 is 0 Å². The Kier molecular flexibility index (Phi) is 6.17. The van der Waals surface area contributed by atoms with Gasteiger partial charge in [0, 0.05) is 41.8 Å². The van der Waals surface area contributed by atoms with Crippen LogP contribution in [-0.2, 0) is 16.1 Å². The summed E-state index contributed by atoms with van der Waals surface area (Å²) in [4.78, 5) is 39.1. The first-order valence-corrected chi connectivity index (χ1v) is 7.73. The van der Waals surface area contributed by atoms with Crippen LogP contribution in [0.4, 0.5) is 5.69 Å². The number of pyridine rings is 1. The van der Waals surface area contributed by atoms with Crippen LogP contribution in [0.1, 0.15) is 29.8 Å². The molecular weight excluding hydrogens is 318 g/mol. The fourth-order valence-corrected chi connectivity index (χ4v) is 2.02. The lowest BCUT2D eigenvalue weighted by molar-refractivity contribution is -0.117. The topological polar surface area (TPSA) is 88.2 Å². The van der Waals surface area contributed by atoms with E-state index in [2.05, 4.69) is 15.6 Å². The van der Waals surface area contributed by atoms with Gasteiger partial charge >= 0.3 is 0 Å². The second-order valence-corrected chi connectivity index (χ2v) is 5.49. The molecule has 0 saturated carbocycles. The quantitative estimate of drug-likeness (QED) is 0.626. The van der Waals surface area contributed by atoms with E-state index < -0.39 is 0 Å². The molecule has 6 heteroatoms. The number of Topliss-reactive ketones (excluding diaryl/α,β-unsaturated/α-hetero) is 1. The molecule has 1 aromatic carbocycles. The first kappa shape index (κ1) is 18.1. The van der Waals surface area contributed by atoms with Crippen molar-refractivity contribution in [2.24, 2.45) is 0 Å². The Balaban J connectivity index is 1.90. The van der Waals surface area contributed by atoms with Crippen LogP contribution in [0, 0.1) is 0 Å². The largest absolute Gasteiger partial charge is 0.348 e. The van der Waals surface area contributed by atoms with E-state index >= 15 is 0 Å². The molecule has 128 valence electrons. The van der Waals surface area contributed by atoms with E-state index in [0.29, 0.717) is 17.8 Å². The first-order valence-electron chi connectivity index (χ1n) is 7.73. The van der Waals surface area contributed by atoms with Gasteiger partial charge in [-0.05, 0) is 55.8 Å². The minimum atomic E-state index is -0.380. The Morgan fingerprint density at radius 2 is 1.64 bits per heavy atom. The summed E-state index contributed by atoms with van der Waals surface area (Å²) in [6, 6.07) is 10.2. The van der Waals surface area contributed by atoms with Crippen LogP contribution in [0.2, 0.25) is 0 Å². The van der Waals surface area contributed by atoms with Crippen molar-refractivity contribution in [1.29, 1.82) is 0 Å². The van der Waals surface area contributed by atoms with E-state index in [4.69, 9.17) is 0 Å². The molecule has 0 unspecified atom stereocenters. The number of ketones is 1. The Morgan fingerprint density at radius 3 is 2.24 bits per heavy atom. The van der Waals surface area contributed by atoms with Crippen molar-refractivity contribution in [3.8, 4) is 0 Å². The number of carbonyl (C=O) groups is 3. The predicted molar refractivity (Wildman–Crippen MR) is 94.9 cm³/mol. The summed E-state index contributed by atoms with van der Waals surface area (Å²) in [6.07, 6.45) is 4.54. The second kappa shape index (κ2) is 8.54. The molecule has 2 N–H and O–H groups in total. The molecule has 2 rings (SSSR count). The molecule has 2 amide bonds. The average Bonchev–Trinajstić information content (AvgIpc) is 2.61. The molecule has 0 aliphatic heterocycles. The minimum absolute atomic E-state index is 0.0418. The number of nitrogens with zero attached hydrogens (tertiary/aromatic N) is 1. The van der Waals surface area contributed by atoms with Crippen LogP contribution in [0.3, 0.4) is 0 Å². The van der Waals surface area contributed by atoms with Gasteiger partial charge in [-0.1, -0.05) is 0 Å². The maximum atomic E-state index is 12.1. The van der Waals surface area contributed by atoms with Crippen molar-refractivity contribution in [2.75, 3.05) is 5.32 Å². The van der Waals surface area contributed by atoms with Gasteiger partial charge in [-0.2, -0.15) is 0 Å². The van der Waals surface area contributed by atoms with Crippen molar-refractivity contribution < 1.29 is 14.4 Å². The first-order chi connectivity index (χ1) is 12.0. The summed E-state index contributed by atoms with van der Waals surface area (Å²) < 4.78 is 0. The molecule has 0 aliphatic rings. The zero-order valence-corrected chi connectivity index (χ0v) is 14.1. The molecule has 0 atom stereocenters. The number of anilines is 1. The summed E-state index contributed by atoms with van der Waals surface area (Å²) >= 11 is 0. The highest BCUT2D eigenvalue weighted by atomic mass is 16.2. The summed E-state index contributed by atoms with van der Waals surface area (Å²) in [7, 11) is 0. The highest BCUT2D eigenvalue weighted by Gasteiger charge is 2.08.